The zero-order chi connectivity index (χ0) is 39.8. The maximum atomic E-state index is 13.6. The number of benzene rings is 4. The lowest BCUT2D eigenvalue weighted by molar-refractivity contribution is 0.0370. The summed E-state index contributed by atoms with van der Waals surface area (Å²) in [6, 6.07) is 25.2. The number of fused-ring (bicyclic) bond motifs is 1. The van der Waals surface area contributed by atoms with Gasteiger partial charge in [-0.3, -0.25) is 4.90 Å². The lowest BCUT2D eigenvalue weighted by atomic mass is 9.86. The van der Waals surface area contributed by atoms with Crippen LogP contribution in [0.2, 0.25) is 0 Å². The molecular weight excluding hydrogens is 744 g/mol. The van der Waals surface area contributed by atoms with E-state index in [9.17, 15) is 4.79 Å². The average molecular weight is 797 g/mol. The molecule has 1 aliphatic heterocycles. The molecule has 11 nitrogen and oxygen atoms in total. The predicted molar refractivity (Wildman–Crippen MR) is 233 cm³/mol. The van der Waals surface area contributed by atoms with Gasteiger partial charge in [0.2, 0.25) is 0 Å². The Labute approximate surface area is 336 Å². The lowest BCUT2D eigenvalue weighted by Gasteiger charge is -2.28. The second-order valence-corrected chi connectivity index (χ2v) is 18.4. The first-order chi connectivity index (χ1) is 26.9. The Morgan fingerprint density at radius 1 is 0.911 bits per heavy atom. The van der Waals surface area contributed by atoms with Gasteiger partial charge in [-0.2, -0.15) is 0 Å². The summed E-state index contributed by atoms with van der Waals surface area (Å²) in [4.78, 5) is 21.6. The highest BCUT2D eigenvalue weighted by Crippen LogP contribution is 2.39. The van der Waals surface area contributed by atoms with E-state index in [1.807, 2.05) is 66.7 Å². The SMILES string of the molecule is COc1cc(Nc2cc(Oc3ccc(NC(=O)Nc4cc(C(C)(C)C)cc(P(C)C)c4OC)c4ccccc34)ccn2)cc(SN(C)CCN2CCOCC2)c1. The first kappa shape index (κ1) is 41.1. The quantitative estimate of drug-likeness (QED) is 0.0743. The highest BCUT2D eigenvalue weighted by molar-refractivity contribution is 7.97. The molecule has 1 aromatic heterocycles. The van der Waals surface area contributed by atoms with Crippen LogP contribution >= 0.6 is 19.9 Å². The average Bonchev–Trinajstić information content (AvgIpc) is 3.17. The molecular formula is C43H53N6O5PS. The van der Waals surface area contributed by atoms with Gasteiger partial charge in [-0.15, -0.1) is 0 Å². The number of amides is 2. The monoisotopic (exact) mass is 796 g/mol. The van der Waals surface area contributed by atoms with Crippen molar-refractivity contribution in [2.24, 2.45) is 0 Å². The number of nitrogens with one attached hydrogen (secondary N) is 3. The number of likely N-dealkylation sites (N-methyl/N-ethyl adjacent to an activating group) is 1. The molecule has 2 heterocycles. The first-order valence-electron chi connectivity index (χ1n) is 18.7. The summed E-state index contributed by atoms with van der Waals surface area (Å²) < 4.78 is 25.7. The molecule has 0 bridgehead atoms. The predicted octanol–water partition coefficient (Wildman–Crippen LogP) is 9.37. The van der Waals surface area contributed by atoms with E-state index in [-0.39, 0.29) is 11.4 Å². The van der Waals surface area contributed by atoms with E-state index in [4.69, 9.17) is 18.9 Å². The van der Waals surface area contributed by atoms with Crippen LogP contribution < -0.4 is 35.5 Å². The van der Waals surface area contributed by atoms with Gasteiger partial charge in [0.05, 0.1) is 38.8 Å². The van der Waals surface area contributed by atoms with Crippen LogP contribution in [-0.4, -0.2) is 94.2 Å². The molecule has 1 fully saturated rings. The van der Waals surface area contributed by atoms with Crippen molar-refractivity contribution in [2.75, 3.05) is 89.9 Å². The second-order valence-electron chi connectivity index (χ2n) is 14.9. The number of anilines is 4. The molecule has 5 aromatic rings. The van der Waals surface area contributed by atoms with E-state index < -0.39 is 7.92 Å². The topological polar surface area (TPSA) is 109 Å². The third-order valence-electron chi connectivity index (χ3n) is 9.45. The summed E-state index contributed by atoms with van der Waals surface area (Å²) in [7, 11) is 4.95. The minimum Gasteiger partial charge on any atom is -0.497 e. The van der Waals surface area contributed by atoms with E-state index in [1.165, 1.54) is 0 Å². The van der Waals surface area contributed by atoms with Gasteiger partial charge >= 0.3 is 6.03 Å². The Kier molecular flexibility index (Phi) is 13.6. The van der Waals surface area contributed by atoms with Crippen LogP contribution in [-0.2, 0) is 10.2 Å². The van der Waals surface area contributed by atoms with Crippen LogP contribution in [0, 0.1) is 0 Å². The van der Waals surface area contributed by atoms with Crippen molar-refractivity contribution < 1.29 is 23.7 Å². The van der Waals surface area contributed by atoms with Crippen molar-refractivity contribution >= 4 is 64.9 Å². The molecule has 0 aliphatic carbocycles. The normalized spacial score (nSPS) is 13.5. The zero-order valence-electron chi connectivity index (χ0n) is 33.6. The molecule has 0 unspecified atom stereocenters. The van der Waals surface area contributed by atoms with Gasteiger partial charge in [0.25, 0.3) is 0 Å². The summed E-state index contributed by atoms with van der Waals surface area (Å²) in [5.74, 6) is 3.32. The summed E-state index contributed by atoms with van der Waals surface area (Å²) in [5, 5.41) is 12.4. The van der Waals surface area contributed by atoms with Gasteiger partial charge in [0, 0.05) is 71.2 Å². The number of hydrogen-bond donors (Lipinski definition) is 3. The highest BCUT2D eigenvalue weighted by atomic mass is 32.2. The Morgan fingerprint density at radius 2 is 1.66 bits per heavy atom. The number of nitrogens with zero attached hydrogens (tertiary/aromatic N) is 3. The highest BCUT2D eigenvalue weighted by Gasteiger charge is 2.22. The Hall–Kier alpha value is -4.58. The van der Waals surface area contributed by atoms with E-state index >= 15 is 0 Å². The molecule has 296 valence electrons. The summed E-state index contributed by atoms with van der Waals surface area (Å²) in [6.07, 6.45) is 1.71. The fourth-order valence-corrected chi connectivity index (χ4v) is 8.29. The summed E-state index contributed by atoms with van der Waals surface area (Å²) in [6.45, 7) is 16.3. The van der Waals surface area contributed by atoms with Crippen molar-refractivity contribution in [3.8, 4) is 23.0 Å². The molecule has 1 aliphatic rings. The molecule has 6 rings (SSSR count). The van der Waals surface area contributed by atoms with Crippen LogP contribution in [0.1, 0.15) is 26.3 Å². The van der Waals surface area contributed by atoms with Crippen LogP contribution in [0.15, 0.2) is 90.0 Å². The van der Waals surface area contributed by atoms with E-state index in [1.54, 1.807) is 32.4 Å². The number of pyridine rings is 1. The van der Waals surface area contributed by atoms with Gasteiger partial charge in [0.1, 0.15) is 28.8 Å². The van der Waals surface area contributed by atoms with E-state index in [0.29, 0.717) is 34.4 Å². The third kappa shape index (κ3) is 10.6. The van der Waals surface area contributed by atoms with Crippen molar-refractivity contribution in [3.63, 3.8) is 0 Å². The fraction of sp³-hybridized carbons (Fsp3) is 0.349. The number of aromatic nitrogens is 1. The van der Waals surface area contributed by atoms with Crippen LogP contribution in [0.3, 0.4) is 0 Å². The van der Waals surface area contributed by atoms with Crippen molar-refractivity contribution in [2.45, 2.75) is 31.1 Å². The molecule has 0 atom stereocenters. The van der Waals surface area contributed by atoms with Gasteiger partial charge in [-0.05, 0) is 85.8 Å². The van der Waals surface area contributed by atoms with Crippen LogP contribution in [0.25, 0.3) is 10.8 Å². The number of ether oxygens (including phenoxy) is 4. The third-order valence-corrected chi connectivity index (χ3v) is 11.7. The van der Waals surface area contributed by atoms with Crippen molar-refractivity contribution in [1.29, 1.82) is 0 Å². The maximum absolute atomic E-state index is 13.6. The zero-order valence-corrected chi connectivity index (χ0v) is 35.3. The molecule has 2 amide bonds. The lowest BCUT2D eigenvalue weighted by Crippen LogP contribution is -2.39. The molecule has 56 heavy (non-hydrogen) atoms. The Bertz CT molecular complexity index is 2140. The van der Waals surface area contributed by atoms with E-state index in [2.05, 4.69) is 83.4 Å². The Balaban J connectivity index is 1.16. The number of urea groups is 1. The first-order valence-corrected chi connectivity index (χ1v) is 21.7. The molecule has 4 aromatic carbocycles. The van der Waals surface area contributed by atoms with Crippen molar-refractivity contribution in [1.82, 2.24) is 14.2 Å². The molecule has 13 heteroatoms. The number of morpholine rings is 1. The number of methoxy groups -OCH3 is 2. The van der Waals surface area contributed by atoms with Gasteiger partial charge in [-0.25, -0.2) is 14.1 Å². The van der Waals surface area contributed by atoms with Gasteiger partial charge in [0.15, 0.2) is 0 Å². The molecule has 3 N–H and O–H groups in total. The smallest absolute Gasteiger partial charge is 0.323 e. The Morgan fingerprint density at radius 3 is 2.38 bits per heavy atom. The second kappa shape index (κ2) is 18.6. The van der Waals surface area contributed by atoms with E-state index in [0.717, 1.165) is 77.4 Å². The number of rotatable bonds is 14. The number of carbonyl (C=O) groups excluding carboxylic acids is 1. The van der Waals surface area contributed by atoms with Gasteiger partial charge < -0.3 is 34.9 Å². The molecule has 1 saturated heterocycles. The minimum absolute atomic E-state index is 0.102. The summed E-state index contributed by atoms with van der Waals surface area (Å²) in [5.41, 5.74) is 3.18. The maximum Gasteiger partial charge on any atom is 0.323 e. The molecule has 0 saturated carbocycles. The van der Waals surface area contributed by atoms with Crippen LogP contribution in [0.4, 0.5) is 27.7 Å². The number of hydrogen-bond acceptors (Lipinski definition) is 10. The largest absolute Gasteiger partial charge is 0.497 e. The standard InChI is InChI=1S/C43H53N6O5PS/c1-43(2,3)29-23-37(41(52-6)39(24-29)55(7)8)47-42(50)46-36-13-14-38(35-12-10-9-11-34(35)36)54-31-15-16-44-40(28-31)45-30-25-32(51-5)27-33(26-30)56-48(4)17-18-49-19-21-53-22-20-49/h9-16,23-28H,17-22H2,1-8H3,(H,44,45)(H2,46,47,50). The van der Waals surface area contributed by atoms with Gasteiger partial charge in [-0.1, -0.05) is 53.0 Å². The summed E-state index contributed by atoms with van der Waals surface area (Å²) >= 11 is 1.68. The molecule has 0 spiro atoms. The molecule has 0 radical (unpaired) electrons. The fourth-order valence-electron chi connectivity index (χ4n) is 6.40. The number of carbonyl (C=O) groups is 1. The minimum atomic E-state index is -0.479. The van der Waals surface area contributed by atoms with Crippen molar-refractivity contribution in [3.05, 3.63) is 90.6 Å². The van der Waals surface area contributed by atoms with Crippen LogP contribution in [0.5, 0.6) is 23.0 Å².